The number of halogens is 6. The Hall–Kier alpha value is -0.140. The molecule has 108 valence electrons. The summed E-state index contributed by atoms with van der Waals surface area (Å²) in [6.07, 6.45) is 4.18. The zero-order chi connectivity index (χ0) is 13.9. The van der Waals surface area contributed by atoms with Gasteiger partial charge in [-0.05, 0) is 6.42 Å². The van der Waals surface area contributed by atoms with Crippen LogP contribution in [0.15, 0.2) is 10.8 Å². The summed E-state index contributed by atoms with van der Waals surface area (Å²) in [5.74, 6) is 0. The van der Waals surface area contributed by atoms with E-state index in [9.17, 15) is 25.2 Å². The van der Waals surface area contributed by atoms with E-state index in [0.29, 0.717) is 0 Å². The Balaban J connectivity index is 0.000000203. The Morgan fingerprint density at radius 1 is 0.833 bits per heavy atom. The molecule has 0 N–H and O–H groups in total. The maximum absolute atomic E-state index is 10.7. The molecular weight excluding hydrogens is 319 g/mol. The standard InChI is InChI=1S/C8H12NS2.F6P/c1-2-4-9(5-3-1)8-10-6-7-11-8;1-7(2,3,4,5)6/h6-7H,1-5H2;/q+1;-1. The topological polar surface area (TPSA) is 3.01 Å². The van der Waals surface area contributed by atoms with Gasteiger partial charge < -0.3 is 0 Å². The summed E-state index contributed by atoms with van der Waals surface area (Å²) in [4.78, 5) is 0. The molecule has 1 nitrogen and oxygen atoms in total. The second kappa shape index (κ2) is 4.76. The van der Waals surface area contributed by atoms with Crippen LogP contribution in [0.4, 0.5) is 25.2 Å². The maximum Gasteiger partial charge on any atom is 0.313 e. The Morgan fingerprint density at radius 3 is 1.61 bits per heavy atom. The molecule has 10 heteroatoms. The van der Waals surface area contributed by atoms with Crippen LogP contribution < -0.4 is 8.56 Å². The molecule has 1 aliphatic rings. The monoisotopic (exact) mass is 331 g/mol. The molecule has 0 unspecified atom stereocenters. The third-order valence-corrected chi connectivity index (χ3v) is 4.22. The summed E-state index contributed by atoms with van der Waals surface area (Å²) in [5.41, 5.74) is 0. The molecule has 1 fully saturated rings. The third-order valence-electron chi connectivity index (χ3n) is 2.01. The first kappa shape index (κ1) is 15.9. The van der Waals surface area contributed by atoms with Gasteiger partial charge in [-0.1, -0.05) is 22.7 Å². The largest absolute Gasteiger partial charge is 0.313 e. The first-order valence-electron chi connectivity index (χ1n) is 5.08. The van der Waals surface area contributed by atoms with Crippen LogP contribution in [0.1, 0.15) is 19.3 Å². The van der Waals surface area contributed by atoms with Gasteiger partial charge in [0, 0.05) is 23.6 Å². The summed E-state index contributed by atoms with van der Waals surface area (Å²) in [6.45, 7) is 2.55. The Labute approximate surface area is 108 Å². The molecule has 2 heterocycles. The summed E-state index contributed by atoms with van der Waals surface area (Å²) < 4.78 is 63.2. The van der Waals surface area contributed by atoms with Crippen LogP contribution in [0, 0.1) is 0 Å². The molecule has 1 saturated heterocycles. The van der Waals surface area contributed by atoms with Crippen molar-refractivity contribution in [2.24, 2.45) is 0 Å². The van der Waals surface area contributed by atoms with E-state index >= 15 is 0 Å². The number of nitrogens with zero attached hydrogens (tertiary/aromatic N) is 1. The molecule has 0 atom stereocenters. The summed E-state index contributed by atoms with van der Waals surface area (Å²) in [5, 5.41) is 4.35. The minimum Gasteiger partial charge on any atom is -0.212 e. The van der Waals surface area contributed by atoms with Gasteiger partial charge in [0.15, 0.2) is 0 Å². The predicted octanol–water partition coefficient (Wildman–Crippen LogP) is 5.15. The zero-order valence-corrected chi connectivity index (χ0v) is 11.7. The number of hydrogen-bond donors (Lipinski definition) is 0. The molecule has 2 rings (SSSR count). The Bertz CT molecular complexity index is 422. The molecule has 1 aliphatic heterocycles. The molecule has 1 aromatic heterocycles. The van der Waals surface area contributed by atoms with Crippen LogP contribution in [-0.2, 0) is 0 Å². The van der Waals surface area contributed by atoms with E-state index in [1.807, 2.05) is 22.7 Å². The summed E-state index contributed by atoms with van der Waals surface area (Å²) in [7, 11) is -10.7. The first-order chi connectivity index (χ1) is 7.92. The Kier molecular flexibility index (Phi) is 4.21. The van der Waals surface area contributed by atoms with Crippen molar-refractivity contribution in [2.45, 2.75) is 19.3 Å². The molecule has 1 aromatic rings. The van der Waals surface area contributed by atoms with E-state index in [0.717, 1.165) is 0 Å². The zero-order valence-electron chi connectivity index (χ0n) is 9.17. The van der Waals surface area contributed by atoms with Gasteiger partial charge in [0.25, 0.3) is 0 Å². The average Bonchev–Trinajstić information content (AvgIpc) is 2.67. The van der Waals surface area contributed by atoms with E-state index < -0.39 is 7.81 Å². The van der Waals surface area contributed by atoms with Crippen LogP contribution in [0.2, 0.25) is 0 Å². The van der Waals surface area contributed by atoms with E-state index in [-0.39, 0.29) is 0 Å². The fourth-order valence-electron chi connectivity index (χ4n) is 1.43. The number of hydrogen-bond acceptors (Lipinski definition) is 2. The molecular formula is C8H12F6NPS2. The smallest absolute Gasteiger partial charge is 0.212 e. The second-order valence-corrected chi connectivity index (χ2v) is 7.74. The quantitative estimate of drug-likeness (QED) is 0.351. The molecule has 0 aromatic carbocycles. The molecule has 0 spiro atoms. The molecule has 18 heavy (non-hydrogen) atoms. The van der Waals surface area contributed by atoms with Crippen LogP contribution in [-0.4, -0.2) is 13.1 Å². The Morgan fingerprint density at radius 2 is 1.22 bits per heavy atom. The molecule has 0 saturated carbocycles. The van der Waals surface area contributed by atoms with Crippen molar-refractivity contribution in [3.05, 3.63) is 14.7 Å². The SMILES string of the molecule is F[P-](F)(F)(F)(F)F.c1csc(=[N+]2CCCCC2)s1. The fraction of sp³-hybridized carbons (Fsp3) is 0.625. The van der Waals surface area contributed by atoms with Crippen molar-refractivity contribution in [1.82, 2.24) is 4.58 Å². The fourth-order valence-corrected chi connectivity index (χ4v) is 3.32. The minimum absolute atomic E-state index is 1.27. The van der Waals surface area contributed by atoms with E-state index in [2.05, 4.69) is 15.3 Å². The van der Waals surface area contributed by atoms with E-state index in [1.54, 1.807) is 0 Å². The van der Waals surface area contributed by atoms with Crippen molar-refractivity contribution in [3.63, 3.8) is 0 Å². The van der Waals surface area contributed by atoms with Crippen LogP contribution in [0.5, 0.6) is 0 Å². The van der Waals surface area contributed by atoms with Gasteiger partial charge in [0.1, 0.15) is 13.1 Å². The van der Waals surface area contributed by atoms with Crippen molar-refractivity contribution in [1.29, 1.82) is 0 Å². The normalized spacial score (nSPS) is 20.4. The van der Waals surface area contributed by atoms with Crippen molar-refractivity contribution in [3.8, 4) is 0 Å². The van der Waals surface area contributed by atoms with Crippen molar-refractivity contribution < 1.29 is 25.2 Å². The van der Waals surface area contributed by atoms with Crippen molar-refractivity contribution >= 4 is 30.5 Å². The van der Waals surface area contributed by atoms with Gasteiger partial charge in [0.2, 0.25) is 0 Å². The first-order valence-corrected chi connectivity index (χ1v) is 8.87. The van der Waals surface area contributed by atoms with E-state index in [1.165, 1.54) is 36.3 Å². The molecule has 0 radical (unpaired) electrons. The van der Waals surface area contributed by atoms with Crippen molar-refractivity contribution in [2.75, 3.05) is 13.1 Å². The molecule has 0 aliphatic carbocycles. The second-order valence-electron chi connectivity index (χ2n) is 3.78. The molecule has 0 amide bonds. The van der Waals surface area contributed by atoms with Gasteiger partial charge in [-0.3, -0.25) is 0 Å². The van der Waals surface area contributed by atoms with Crippen LogP contribution in [0.25, 0.3) is 0 Å². The minimum atomic E-state index is -10.7. The molecule has 0 bridgehead atoms. The summed E-state index contributed by atoms with van der Waals surface area (Å²) >= 11 is 3.75. The van der Waals surface area contributed by atoms with Gasteiger partial charge in [0.05, 0.1) is 0 Å². The maximum atomic E-state index is 9.87. The number of piperidine rings is 1. The van der Waals surface area contributed by atoms with Gasteiger partial charge >= 0.3 is 37.0 Å². The van der Waals surface area contributed by atoms with Gasteiger partial charge in [-0.25, -0.2) is 4.58 Å². The van der Waals surface area contributed by atoms with Gasteiger partial charge in [-0.2, -0.15) is 0 Å². The predicted molar refractivity (Wildman–Crippen MR) is 64.6 cm³/mol. The van der Waals surface area contributed by atoms with Gasteiger partial charge in [-0.15, -0.1) is 0 Å². The third kappa shape index (κ3) is 9.85. The summed E-state index contributed by atoms with van der Waals surface area (Å²) in [6, 6.07) is 0. The average molecular weight is 331 g/mol. The van der Waals surface area contributed by atoms with E-state index in [4.69, 9.17) is 0 Å². The van der Waals surface area contributed by atoms with Crippen LogP contribution in [0.3, 0.4) is 0 Å². The number of rotatable bonds is 0. The van der Waals surface area contributed by atoms with Crippen LogP contribution >= 0.6 is 30.5 Å².